The monoisotopic (exact) mass is 434 g/mol. The molecule has 0 spiro atoms. The molecule has 3 heterocycles. The van der Waals surface area contributed by atoms with Crippen molar-refractivity contribution in [3.05, 3.63) is 69.9 Å². The van der Waals surface area contributed by atoms with Gasteiger partial charge in [-0.05, 0) is 42.5 Å². The molecule has 1 amide bonds. The van der Waals surface area contributed by atoms with Crippen molar-refractivity contribution in [3.8, 4) is 0 Å². The summed E-state index contributed by atoms with van der Waals surface area (Å²) >= 11 is 0. The maximum absolute atomic E-state index is 12.8. The Morgan fingerprint density at radius 1 is 1.06 bits per heavy atom. The number of morpholine rings is 1. The average Bonchev–Trinajstić information content (AvgIpc) is 3.28. The van der Waals surface area contributed by atoms with Crippen molar-refractivity contribution in [2.75, 3.05) is 44.3 Å². The Hall–Kier alpha value is -3.39. The standard InChI is InChI=1S/C24H26N4O4/c29-24(27-11-13-32-14-12-27)18-5-6-22(23(15-18)28(30)31)26-9-7-17(8-10-26)20-16-25-21-4-2-1-3-19(20)21/h1-6,15-17,25H,7-14H2. The van der Waals surface area contributed by atoms with Crippen molar-refractivity contribution in [2.24, 2.45) is 0 Å². The molecule has 32 heavy (non-hydrogen) atoms. The number of benzene rings is 2. The van der Waals surface area contributed by atoms with Gasteiger partial charge in [-0.15, -0.1) is 0 Å². The number of fused-ring (bicyclic) bond motifs is 1. The number of aromatic nitrogens is 1. The molecule has 1 aromatic heterocycles. The largest absolute Gasteiger partial charge is 0.378 e. The third-order valence-electron chi connectivity index (χ3n) is 6.61. The van der Waals surface area contributed by atoms with Gasteiger partial charge < -0.3 is 19.5 Å². The Morgan fingerprint density at radius 2 is 1.81 bits per heavy atom. The van der Waals surface area contributed by atoms with Crippen molar-refractivity contribution in [1.29, 1.82) is 0 Å². The minimum Gasteiger partial charge on any atom is -0.378 e. The SMILES string of the molecule is O=C(c1ccc(N2CCC(c3c[nH]c4ccccc34)CC2)c([N+](=O)[O-])c1)N1CCOCC1. The fourth-order valence-electron chi connectivity index (χ4n) is 4.88. The van der Waals surface area contributed by atoms with Crippen LogP contribution in [0.1, 0.15) is 34.7 Å². The number of carbonyl (C=O) groups excluding carboxylic acids is 1. The zero-order valence-corrected chi connectivity index (χ0v) is 17.8. The van der Waals surface area contributed by atoms with E-state index in [4.69, 9.17) is 4.74 Å². The zero-order valence-electron chi connectivity index (χ0n) is 17.8. The highest BCUT2D eigenvalue weighted by Gasteiger charge is 2.28. The summed E-state index contributed by atoms with van der Waals surface area (Å²) in [7, 11) is 0. The second-order valence-corrected chi connectivity index (χ2v) is 8.42. The Labute approximate surface area is 185 Å². The molecule has 2 aliphatic rings. The number of para-hydroxylation sites is 1. The normalized spacial score (nSPS) is 17.6. The van der Waals surface area contributed by atoms with Crippen LogP contribution < -0.4 is 4.90 Å². The van der Waals surface area contributed by atoms with Gasteiger partial charge in [-0.2, -0.15) is 0 Å². The Bertz CT molecular complexity index is 1140. The summed E-state index contributed by atoms with van der Waals surface area (Å²) in [5, 5.41) is 13.1. The third-order valence-corrected chi connectivity index (χ3v) is 6.61. The molecule has 2 saturated heterocycles. The van der Waals surface area contributed by atoms with Gasteiger partial charge in [0.25, 0.3) is 11.6 Å². The summed E-state index contributed by atoms with van der Waals surface area (Å²) < 4.78 is 5.29. The number of nitro groups is 1. The lowest BCUT2D eigenvalue weighted by molar-refractivity contribution is -0.384. The number of nitrogens with one attached hydrogen (secondary N) is 1. The number of amides is 1. The highest BCUT2D eigenvalue weighted by Crippen LogP contribution is 2.37. The maximum Gasteiger partial charge on any atom is 0.293 e. The second kappa shape index (κ2) is 8.63. The molecule has 0 radical (unpaired) electrons. The van der Waals surface area contributed by atoms with Crippen molar-refractivity contribution in [3.63, 3.8) is 0 Å². The quantitative estimate of drug-likeness (QED) is 0.496. The number of nitro benzene ring substituents is 1. The van der Waals surface area contributed by atoms with Crippen LogP contribution in [-0.4, -0.2) is 60.1 Å². The van der Waals surface area contributed by atoms with E-state index >= 15 is 0 Å². The van der Waals surface area contributed by atoms with Crippen LogP contribution in [0, 0.1) is 10.1 Å². The molecule has 8 nitrogen and oxygen atoms in total. The van der Waals surface area contributed by atoms with E-state index in [-0.39, 0.29) is 16.5 Å². The fraction of sp³-hybridized carbons (Fsp3) is 0.375. The molecule has 0 atom stereocenters. The molecule has 8 heteroatoms. The van der Waals surface area contributed by atoms with Gasteiger partial charge in [-0.25, -0.2) is 0 Å². The van der Waals surface area contributed by atoms with Gasteiger partial charge >= 0.3 is 0 Å². The van der Waals surface area contributed by atoms with Crippen molar-refractivity contribution in [1.82, 2.24) is 9.88 Å². The van der Waals surface area contributed by atoms with Crippen molar-refractivity contribution < 1.29 is 14.5 Å². The molecule has 3 aromatic rings. The molecule has 166 valence electrons. The molecule has 2 aliphatic heterocycles. The van der Waals surface area contributed by atoms with E-state index in [0.29, 0.717) is 43.5 Å². The molecule has 2 aromatic carbocycles. The van der Waals surface area contributed by atoms with Gasteiger partial charge in [-0.1, -0.05) is 18.2 Å². The number of hydrogen-bond donors (Lipinski definition) is 1. The predicted molar refractivity (Wildman–Crippen MR) is 122 cm³/mol. The first-order chi connectivity index (χ1) is 15.6. The van der Waals surface area contributed by atoms with Gasteiger partial charge in [0.05, 0.1) is 18.1 Å². The number of anilines is 1. The van der Waals surface area contributed by atoms with Gasteiger partial charge in [-0.3, -0.25) is 14.9 Å². The summed E-state index contributed by atoms with van der Waals surface area (Å²) in [5.41, 5.74) is 3.40. The number of carbonyl (C=O) groups is 1. The molecule has 0 saturated carbocycles. The van der Waals surface area contributed by atoms with E-state index in [1.165, 1.54) is 17.0 Å². The summed E-state index contributed by atoms with van der Waals surface area (Å²) in [5.74, 6) is 0.240. The van der Waals surface area contributed by atoms with Gasteiger partial charge in [0.15, 0.2) is 0 Å². The van der Waals surface area contributed by atoms with Crippen LogP contribution in [0.25, 0.3) is 10.9 Å². The minimum absolute atomic E-state index is 0.00495. The zero-order chi connectivity index (χ0) is 22.1. The lowest BCUT2D eigenvalue weighted by Crippen LogP contribution is -2.40. The maximum atomic E-state index is 12.8. The van der Waals surface area contributed by atoms with E-state index < -0.39 is 0 Å². The number of ether oxygens (including phenoxy) is 1. The average molecular weight is 434 g/mol. The Balaban J connectivity index is 1.33. The third kappa shape index (κ3) is 3.82. The van der Waals surface area contributed by atoms with Crippen molar-refractivity contribution >= 4 is 28.2 Å². The number of nitrogens with zero attached hydrogens (tertiary/aromatic N) is 3. The highest BCUT2D eigenvalue weighted by atomic mass is 16.6. The number of aromatic amines is 1. The summed E-state index contributed by atoms with van der Waals surface area (Å²) in [6, 6.07) is 13.2. The summed E-state index contributed by atoms with van der Waals surface area (Å²) in [6.07, 6.45) is 3.94. The first kappa shape index (κ1) is 20.5. The topological polar surface area (TPSA) is 91.7 Å². The van der Waals surface area contributed by atoms with Crippen molar-refractivity contribution in [2.45, 2.75) is 18.8 Å². The van der Waals surface area contributed by atoms with Crippen LogP contribution in [-0.2, 0) is 4.74 Å². The van der Waals surface area contributed by atoms with E-state index in [2.05, 4.69) is 34.3 Å². The van der Waals surface area contributed by atoms with Crippen LogP contribution in [0.5, 0.6) is 0 Å². The molecular weight excluding hydrogens is 408 g/mol. The first-order valence-corrected chi connectivity index (χ1v) is 11.1. The van der Waals surface area contributed by atoms with Crippen LogP contribution in [0.4, 0.5) is 11.4 Å². The Kier molecular flexibility index (Phi) is 5.53. The molecule has 0 aliphatic carbocycles. The Morgan fingerprint density at radius 3 is 2.56 bits per heavy atom. The molecule has 0 bridgehead atoms. The van der Waals surface area contributed by atoms with E-state index in [9.17, 15) is 14.9 Å². The molecule has 5 rings (SSSR count). The molecular formula is C24H26N4O4. The van der Waals surface area contributed by atoms with Gasteiger partial charge in [0.1, 0.15) is 5.69 Å². The molecule has 1 N–H and O–H groups in total. The van der Waals surface area contributed by atoms with Gasteiger partial charge in [0.2, 0.25) is 0 Å². The molecule has 2 fully saturated rings. The highest BCUT2D eigenvalue weighted by molar-refractivity contribution is 5.96. The van der Waals surface area contributed by atoms with Gasteiger partial charge in [0, 0.05) is 54.9 Å². The number of H-pyrrole nitrogens is 1. The predicted octanol–water partition coefficient (Wildman–Crippen LogP) is 3.93. The fourth-order valence-corrected chi connectivity index (χ4v) is 4.88. The lowest BCUT2D eigenvalue weighted by atomic mass is 9.89. The first-order valence-electron chi connectivity index (χ1n) is 11.1. The minimum atomic E-state index is -0.378. The van der Waals surface area contributed by atoms with Crippen LogP contribution in [0.2, 0.25) is 0 Å². The smallest absolute Gasteiger partial charge is 0.293 e. The lowest BCUT2D eigenvalue weighted by Gasteiger charge is -2.33. The van der Waals surface area contributed by atoms with Crippen LogP contribution in [0.3, 0.4) is 0 Å². The van der Waals surface area contributed by atoms with Crippen LogP contribution >= 0.6 is 0 Å². The summed E-state index contributed by atoms with van der Waals surface area (Å²) in [4.78, 5) is 31.4. The number of piperidine rings is 1. The van der Waals surface area contributed by atoms with E-state index in [1.807, 2.05) is 6.07 Å². The number of hydrogen-bond acceptors (Lipinski definition) is 5. The van der Waals surface area contributed by atoms with Crippen LogP contribution in [0.15, 0.2) is 48.7 Å². The second-order valence-electron chi connectivity index (χ2n) is 8.42. The summed E-state index contributed by atoms with van der Waals surface area (Å²) in [6.45, 7) is 3.49. The van der Waals surface area contributed by atoms with E-state index in [1.54, 1.807) is 17.0 Å². The van der Waals surface area contributed by atoms with E-state index in [0.717, 1.165) is 31.4 Å². The number of rotatable bonds is 4. The molecule has 0 unspecified atom stereocenters.